The van der Waals surface area contributed by atoms with Gasteiger partial charge in [-0.25, -0.2) is 0 Å². The highest BCUT2D eigenvalue weighted by Crippen LogP contribution is 2.25. The van der Waals surface area contributed by atoms with Crippen LogP contribution in [-0.4, -0.2) is 12.4 Å². The lowest BCUT2D eigenvalue weighted by molar-refractivity contribution is -0.120. The maximum absolute atomic E-state index is 11.9. The number of carbonyl (C=O) groups excluding carboxylic acids is 1. The third-order valence-corrected chi connectivity index (χ3v) is 3.17. The summed E-state index contributed by atoms with van der Waals surface area (Å²) in [6.45, 7) is 4.36. The third-order valence-electron chi connectivity index (χ3n) is 3.17. The molecule has 0 aliphatic rings. The van der Waals surface area contributed by atoms with E-state index in [1.807, 2.05) is 54.6 Å². The smallest absolute Gasteiger partial charge is 0.174 e. The molecule has 2 aromatic carbocycles. The summed E-state index contributed by atoms with van der Waals surface area (Å²) in [6, 6.07) is 17.6. The quantitative estimate of drug-likeness (QED) is 0.791. The SMILES string of the molecule is CC(C)c1ccccc1OCC(=O)Cc1ccccc1. The van der Waals surface area contributed by atoms with Gasteiger partial charge in [0.2, 0.25) is 0 Å². The van der Waals surface area contributed by atoms with E-state index in [4.69, 9.17) is 4.74 Å². The summed E-state index contributed by atoms with van der Waals surface area (Å²) in [7, 11) is 0. The second-order valence-electron chi connectivity index (χ2n) is 5.18. The number of benzene rings is 2. The van der Waals surface area contributed by atoms with E-state index in [-0.39, 0.29) is 12.4 Å². The molecule has 0 saturated heterocycles. The van der Waals surface area contributed by atoms with Crippen molar-refractivity contribution in [2.75, 3.05) is 6.61 Å². The van der Waals surface area contributed by atoms with Crippen molar-refractivity contribution in [3.63, 3.8) is 0 Å². The molecule has 2 heteroatoms. The summed E-state index contributed by atoms with van der Waals surface area (Å²) in [6.07, 6.45) is 0.421. The summed E-state index contributed by atoms with van der Waals surface area (Å²) in [5.74, 6) is 1.29. The van der Waals surface area contributed by atoms with E-state index in [1.165, 1.54) is 0 Å². The largest absolute Gasteiger partial charge is 0.486 e. The second kappa shape index (κ2) is 6.90. The van der Waals surface area contributed by atoms with Crippen molar-refractivity contribution < 1.29 is 9.53 Å². The highest BCUT2D eigenvalue weighted by atomic mass is 16.5. The molecule has 0 amide bonds. The molecular formula is C18H20O2. The molecule has 0 bridgehead atoms. The van der Waals surface area contributed by atoms with Gasteiger partial charge in [0.25, 0.3) is 0 Å². The lowest BCUT2D eigenvalue weighted by Gasteiger charge is -2.13. The fourth-order valence-electron chi connectivity index (χ4n) is 2.12. The maximum atomic E-state index is 11.9. The van der Waals surface area contributed by atoms with E-state index in [1.54, 1.807) is 0 Å². The summed E-state index contributed by atoms with van der Waals surface area (Å²) < 4.78 is 5.68. The predicted molar refractivity (Wildman–Crippen MR) is 81.2 cm³/mol. The number of Topliss-reactive ketones (excluding diaryl/α,β-unsaturated/α-hetero) is 1. The zero-order valence-electron chi connectivity index (χ0n) is 12.0. The molecule has 20 heavy (non-hydrogen) atoms. The van der Waals surface area contributed by atoms with Crippen LogP contribution in [0.15, 0.2) is 54.6 Å². The molecule has 0 N–H and O–H groups in total. The van der Waals surface area contributed by atoms with Gasteiger partial charge in [-0.05, 0) is 23.1 Å². The number of carbonyl (C=O) groups is 1. The van der Waals surface area contributed by atoms with E-state index >= 15 is 0 Å². The Balaban J connectivity index is 1.94. The lowest BCUT2D eigenvalue weighted by Crippen LogP contribution is -2.14. The lowest BCUT2D eigenvalue weighted by atomic mass is 10.0. The fraction of sp³-hybridized carbons (Fsp3) is 0.278. The number of para-hydroxylation sites is 1. The number of ketones is 1. The molecule has 0 spiro atoms. The van der Waals surface area contributed by atoms with Gasteiger partial charge in [-0.2, -0.15) is 0 Å². The highest BCUT2D eigenvalue weighted by Gasteiger charge is 2.09. The van der Waals surface area contributed by atoms with E-state index in [0.29, 0.717) is 12.3 Å². The molecule has 0 radical (unpaired) electrons. The molecule has 0 aliphatic heterocycles. The zero-order chi connectivity index (χ0) is 14.4. The van der Waals surface area contributed by atoms with Gasteiger partial charge in [-0.1, -0.05) is 62.4 Å². The minimum atomic E-state index is 0.0924. The Morgan fingerprint density at radius 2 is 1.65 bits per heavy atom. The Kier molecular flexibility index (Phi) is 4.94. The van der Waals surface area contributed by atoms with Gasteiger partial charge in [-0.3, -0.25) is 4.79 Å². The number of hydrogen-bond acceptors (Lipinski definition) is 2. The third kappa shape index (κ3) is 3.95. The van der Waals surface area contributed by atoms with Crippen molar-refractivity contribution in [1.82, 2.24) is 0 Å². The summed E-state index contributed by atoms with van der Waals surface area (Å²) in [5, 5.41) is 0. The Hall–Kier alpha value is -2.09. The molecule has 0 aliphatic carbocycles. The van der Waals surface area contributed by atoms with Crippen LogP contribution < -0.4 is 4.74 Å². The molecule has 0 saturated carbocycles. The van der Waals surface area contributed by atoms with E-state index in [2.05, 4.69) is 13.8 Å². The van der Waals surface area contributed by atoms with Crippen LogP contribution in [0.4, 0.5) is 0 Å². The Morgan fingerprint density at radius 3 is 2.35 bits per heavy atom. The first kappa shape index (κ1) is 14.3. The normalized spacial score (nSPS) is 10.6. The van der Waals surface area contributed by atoms with Gasteiger partial charge in [0.05, 0.1) is 0 Å². The molecule has 2 aromatic rings. The van der Waals surface area contributed by atoms with Crippen LogP contribution in [-0.2, 0) is 11.2 Å². The maximum Gasteiger partial charge on any atom is 0.174 e. The molecule has 0 aromatic heterocycles. The summed E-state index contributed by atoms with van der Waals surface area (Å²) in [4.78, 5) is 11.9. The molecule has 2 nitrogen and oxygen atoms in total. The van der Waals surface area contributed by atoms with Crippen LogP contribution in [0.3, 0.4) is 0 Å². The average Bonchev–Trinajstić information content (AvgIpc) is 2.46. The zero-order valence-corrected chi connectivity index (χ0v) is 12.0. The van der Waals surface area contributed by atoms with Crippen molar-refractivity contribution >= 4 is 5.78 Å². The molecule has 104 valence electrons. The van der Waals surface area contributed by atoms with Crippen molar-refractivity contribution in [3.8, 4) is 5.75 Å². The topological polar surface area (TPSA) is 26.3 Å². The fourth-order valence-corrected chi connectivity index (χ4v) is 2.12. The van der Waals surface area contributed by atoms with Crippen LogP contribution in [0.2, 0.25) is 0 Å². The number of hydrogen-bond donors (Lipinski definition) is 0. The van der Waals surface area contributed by atoms with Crippen molar-refractivity contribution in [2.24, 2.45) is 0 Å². The molecule has 0 fully saturated rings. The average molecular weight is 268 g/mol. The predicted octanol–water partition coefficient (Wildman–Crippen LogP) is 4.00. The molecule has 0 heterocycles. The van der Waals surface area contributed by atoms with Gasteiger partial charge < -0.3 is 4.74 Å². The van der Waals surface area contributed by atoms with Crippen molar-refractivity contribution in [1.29, 1.82) is 0 Å². The monoisotopic (exact) mass is 268 g/mol. The molecule has 0 unspecified atom stereocenters. The Bertz CT molecular complexity index is 559. The van der Waals surface area contributed by atoms with E-state index in [0.717, 1.165) is 16.9 Å². The summed E-state index contributed by atoms with van der Waals surface area (Å²) >= 11 is 0. The van der Waals surface area contributed by atoms with E-state index in [9.17, 15) is 4.79 Å². The summed E-state index contributed by atoms with van der Waals surface area (Å²) in [5.41, 5.74) is 2.17. The minimum absolute atomic E-state index is 0.0924. The van der Waals surface area contributed by atoms with Gasteiger partial charge in [0, 0.05) is 6.42 Å². The van der Waals surface area contributed by atoms with Crippen LogP contribution in [0.5, 0.6) is 5.75 Å². The van der Waals surface area contributed by atoms with Gasteiger partial charge >= 0.3 is 0 Å². The molecule has 0 atom stereocenters. The molecule has 2 rings (SSSR count). The number of ether oxygens (including phenoxy) is 1. The van der Waals surface area contributed by atoms with Crippen LogP contribution in [0.1, 0.15) is 30.9 Å². The van der Waals surface area contributed by atoms with Crippen LogP contribution in [0.25, 0.3) is 0 Å². The first-order valence-corrected chi connectivity index (χ1v) is 6.94. The minimum Gasteiger partial charge on any atom is -0.486 e. The second-order valence-corrected chi connectivity index (χ2v) is 5.18. The van der Waals surface area contributed by atoms with Crippen molar-refractivity contribution in [2.45, 2.75) is 26.2 Å². The van der Waals surface area contributed by atoms with Gasteiger partial charge in [0.1, 0.15) is 12.4 Å². The van der Waals surface area contributed by atoms with Crippen LogP contribution in [0, 0.1) is 0 Å². The highest BCUT2D eigenvalue weighted by molar-refractivity contribution is 5.82. The first-order chi connectivity index (χ1) is 9.66. The standard InChI is InChI=1S/C18H20O2/c1-14(2)17-10-6-7-11-18(17)20-13-16(19)12-15-8-4-3-5-9-15/h3-11,14H,12-13H2,1-2H3. The van der Waals surface area contributed by atoms with E-state index < -0.39 is 0 Å². The first-order valence-electron chi connectivity index (χ1n) is 6.94. The number of rotatable bonds is 6. The molecular weight excluding hydrogens is 248 g/mol. The Labute approximate surface area is 120 Å². The van der Waals surface area contributed by atoms with Crippen LogP contribution >= 0.6 is 0 Å². The van der Waals surface area contributed by atoms with Gasteiger partial charge in [0.15, 0.2) is 5.78 Å². The van der Waals surface area contributed by atoms with Crippen molar-refractivity contribution in [3.05, 3.63) is 65.7 Å². The van der Waals surface area contributed by atoms with Gasteiger partial charge in [-0.15, -0.1) is 0 Å². The Morgan fingerprint density at radius 1 is 1.00 bits per heavy atom.